The molecule has 2 aromatic carbocycles. The number of para-hydroxylation sites is 1. The quantitative estimate of drug-likeness (QED) is 0.736. The molecule has 1 aliphatic heterocycles. The Bertz CT molecular complexity index is 806. The lowest BCUT2D eigenvalue weighted by atomic mass is 9.93. The normalized spacial score (nSPS) is 14.2. The molecule has 0 bridgehead atoms. The van der Waals surface area contributed by atoms with Gasteiger partial charge in [-0.2, -0.15) is 0 Å². The largest absolute Gasteiger partial charge is 0.311 e. The minimum atomic E-state index is -0.376. The van der Waals surface area contributed by atoms with Gasteiger partial charge in [0.25, 0.3) is 0 Å². The molecule has 1 unspecified atom stereocenters. The van der Waals surface area contributed by atoms with Crippen molar-refractivity contribution >= 4 is 11.6 Å². The van der Waals surface area contributed by atoms with Crippen LogP contribution in [0.15, 0.2) is 79.0 Å². The van der Waals surface area contributed by atoms with Gasteiger partial charge in [0.2, 0.25) is 5.91 Å². The van der Waals surface area contributed by atoms with Crippen molar-refractivity contribution in [1.82, 2.24) is 4.98 Å². The van der Waals surface area contributed by atoms with Crippen molar-refractivity contribution in [2.75, 3.05) is 11.4 Å². The summed E-state index contributed by atoms with van der Waals surface area (Å²) in [5.41, 5.74) is 4.03. The maximum atomic E-state index is 13.4. The van der Waals surface area contributed by atoms with Crippen molar-refractivity contribution < 1.29 is 4.79 Å². The second-order valence-electron chi connectivity index (χ2n) is 5.97. The molecule has 3 nitrogen and oxygen atoms in total. The Balaban J connectivity index is 1.76. The van der Waals surface area contributed by atoms with Crippen molar-refractivity contribution in [3.8, 4) is 0 Å². The molecule has 0 N–H and O–H groups in total. The fraction of sp³-hybridized carbons (Fsp3) is 0.143. The van der Waals surface area contributed by atoms with Crippen LogP contribution in [0.3, 0.4) is 0 Å². The van der Waals surface area contributed by atoms with Crippen LogP contribution >= 0.6 is 0 Å². The minimum Gasteiger partial charge on any atom is -0.311 e. The standard InChI is InChI=1S/C21H18N2O/c24-21(23-15-13-16-8-4-5-12-19(16)23)20(17-9-2-1-3-10-17)18-11-6-7-14-22-18/h1-12,14,20H,13,15H2. The van der Waals surface area contributed by atoms with Crippen LogP contribution in [-0.4, -0.2) is 17.4 Å². The van der Waals surface area contributed by atoms with Gasteiger partial charge in [-0.15, -0.1) is 0 Å². The topological polar surface area (TPSA) is 33.2 Å². The monoisotopic (exact) mass is 314 g/mol. The molecular formula is C21H18N2O. The number of benzene rings is 2. The van der Waals surface area contributed by atoms with Crippen LogP contribution in [0.1, 0.15) is 22.7 Å². The van der Waals surface area contributed by atoms with Crippen molar-refractivity contribution in [1.29, 1.82) is 0 Å². The highest BCUT2D eigenvalue weighted by Gasteiger charge is 2.32. The second-order valence-corrected chi connectivity index (χ2v) is 5.97. The van der Waals surface area contributed by atoms with Gasteiger partial charge in [0.15, 0.2) is 0 Å². The van der Waals surface area contributed by atoms with Gasteiger partial charge in [-0.25, -0.2) is 0 Å². The summed E-state index contributed by atoms with van der Waals surface area (Å²) in [7, 11) is 0. The van der Waals surface area contributed by atoms with Crippen LogP contribution in [0.5, 0.6) is 0 Å². The maximum Gasteiger partial charge on any atom is 0.240 e. The lowest BCUT2D eigenvalue weighted by molar-refractivity contribution is -0.119. The summed E-state index contributed by atoms with van der Waals surface area (Å²) in [5.74, 6) is -0.289. The Hall–Kier alpha value is -2.94. The van der Waals surface area contributed by atoms with E-state index in [4.69, 9.17) is 0 Å². The molecule has 0 fully saturated rings. The van der Waals surface area contributed by atoms with Crippen molar-refractivity contribution in [2.45, 2.75) is 12.3 Å². The van der Waals surface area contributed by atoms with Crippen molar-refractivity contribution in [3.63, 3.8) is 0 Å². The van der Waals surface area contributed by atoms with Crippen LogP contribution in [0.25, 0.3) is 0 Å². The molecule has 1 aliphatic rings. The predicted molar refractivity (Wildman–Crippen MR) is 95.0 cm³/mol. The van der Waals surface area contributed by atoms with E-state index in [1.54, 1.807) is 6.20 Å². The zero-order valence-corrected chi connectivity index (χ0v) is 13.3. The number of rotatable bonds is 3. The van der Waals surface area contributed by atoms with Gasteiger partial charge in [0.05, 0.1) is 5.69 Å². The third-order valence-corrected chi connectivity index (χ3v) is 4.52. The number of nitrogens with zero attached hydrogens (tertiary/aromatic N) is 2. The number of pyridine rings is 1. The van der Waals surface area contributed by atoms with E-state index in [2.05, 4.69) is 11.1 Å². The number of fused-ring (bicyclic) bond motifs is 1. The van der Waals surface area contributed by atoms with Gasteiger partial charge in [-0.3, -0.25) is 9.78 Å². The Morgan fingerprint density at radius 1 is 0.917 bits per heavy atom. The minimum absolute atomic E-state index is 0.0878. The van der Waals surface area contributed by atoms with E-state index in [0.29, 0.717) is 0 Å². The number of hydrogen-bond donors (Lipinski definition) is 0. The number of hydrogen-bond acceptors (Lipinski definition) is 2. The average Bonchev–Trinajstić information content (AvgIpc) is 3.08. The molecule has 0 aliphatic carbocycles. The van der Waals surface area contributed by atoms with Crippen LogP contribution in [-0.2, 0) is 11.2 Å². The molecule has 0 saturated heterocycles. The fourth-order valence-electron chi connectivity index (χ4n) is 3.36. The Morgan fingerprint density at radius 2 is 1.67 bits per heavy atom. The molecule has 118 valence electrons. The number of carbonyl (C=O) groups excluding carboxylic acids is 1. The van der Waals surface area contributed by atoms with Gasteiger partial charge >= 0.3 is 0 Å². The first-order chi connectivity index (χ1) is 11.8. The molecule has 1 atom stereocenters. The Kier molecular flexibility index (Phi) is 3.83. The molecule has 0 saturated carbocycles. The van der Waals surface area contributed by atoms with Crippen molar-refractivity contribution in [3.05, 3.63) is 95.8 Å². The van der Waals surface area contributed by atoms with Crippen LogP contribution in [0.4, 0.5) is 5.69 Å². The second kappa shape index (κ2) is 6.28. The van der Waals surface area contributed by atoms with E-state index >= 15 is 0 Å². The first-order valence-electron chi connectivity index (χ1n) is 8.20. The van der Waals surface area contributed by atoms with Crippen LogP contribution in [0.2, 0.25) is 0 Å². The molecule has 3 aromatic rings. The summed E-state index contributed by atoms with van der Waals surface area (Å²) >= 11 is 0. The predicted octanol–water partition coefficient (Wildman–Crippen LogP) is 3.80. The van der Waals surface area contributed by atoms with Gasteiger partial charge in [0, 0.05) is 18.4 Å². The highest BCUT2D eigenvalue weighted by atomic mass is 16.2. The van der Waals surface area contributed by atoms with Gasteiger partial charge < -0.3 is 4.90 Å². The third kappa shape index (κ3) is 2.58. The first-order valence-corrected chi connectivity index (χ1v) is 8.20. The first kappa shape index (κ1) is 14.6. The van der Waals surface area contributed by atoms with E-state index in [1.165, 1.54) is 5.56 Å². The van der Waals surface area contributed by atoms with Crippen molar-refractivity contribution in [2.24, 2.45) is 0 Å². The van der Waals surface area contributed by atoms with E-state index in [0.717, 1.165) is 29.9 Å². The molecule has 1 aromatic heterocycles. The summed E-state index contributed by atoms with van der Waals surface area (Å²) in [6.45, 7) is 0.731. The van der Waals surface area contributed by atoms with Gasteiger partial charge in [-0.05, 0) is 35.7 Å². The molecular weight excluding hydrogens is 296 g/mol. The smallest absolute Gasteiger partial charge is 0.240 e. The average molecular weight is 314 g/mol. The summed E-state index contributed by atoms with van der Waals surface area (Å²) in [6, 6.07) is 23.8. The molecule has 0 radical (unpaired) electrons. The van der Waals surface area contributed by atoms with E-state index in [1.807, 2.05) is 71.6 Å². The maximum absolute atomic E-state index is 13.4. The number of amides is 1. The lowest BCUT2D eigenvalue weighted by Crippen LogP contribution is -2.34. The lowest BCUT2D eigenvalue weighted by Gasteiger charge is -2.24. The summed E-state index contributed by atoms with van der Waals surface area (Å²) in [6.07, 6.45) is 2.65. The Labute approximate surface area is 141 Å². The molecule has 4 rings (SSSR count). The molecule has 24 heavy (non-hydrogen) atoms. The molecule has 1 amide bonds. The summed E-state index contributed by atoms with van der Waals surface area (Å²) in [4.78, 5) is 19.8. The third-order valence-electron chi connectivity index (χ3n) is 4.52. The van der Waals surface area contributed by atoms with Crippen LogP contribution in [0, 0.1) is 0 Å². The zero-order chi connectivity index (χ0) is 16.4. The molecule has 2 heterocycles. The van der Waals surface area contributed by atoms with E-state index in [-0.39, 0.29) is 11.8 Å². The Morgan fingerprint density at radius 3 is 2.46 bits per heavy atom. The van der Waals surface area contributed by atoms with E-state index < -0.39 is 0 Å². The van der Waals surface area contributed by atoms with Gasteiger partial charge in [0.1, 0.15) is 5.92 Å². The number of carbonyl (C=O) groups is 1. The summed E-state index contributed by atoms with van der Waals surface area (Å²) < 4.78 is 0. The van der Waals surface area contributed by atoms with E-state index in [9.17, 15) is 4.79 Å². The summed E-state index contributed by atoms with van der Waals surface area (Å²) in [5, 5.41) is 0. The SMILES string of the molecule is O=C(C(c1ccccc1)c1ccccn1)N1CCc2ccccc21. The number of anilines is 1. The highest BCUT2D eigenvalue weighted by Crippen LogP contribution is 2.33. The molecule has 0 spiro atoms. The van der Waals surface area contributed by atoms with Crippen LogP contribution < -0.4 is 4.90 Å². The number of aromatic nitrogens is 1. The van der Waals surface area contributed by atoms with Gasteiger partial charge in [-0.1, -0.05) is 54.6 Å². The molecule has 3 heteroatoms. The fourth-order valence-corrected chi connectivity index (χ4v) is 3.36. The zero-order valence-electron chi connectivity index (χ0n) is 13.3. The highest BCUT2D eigenvalue weighted by molar-refractivity contribution is 6.01.